The zero-order valence-electron chi connectivity index (χ0n) is 8.13. The van der Waals surface area contributed by atoms with E-state index in [1.54, 1.807) is 6.07 Å². The minimum Gasteiger partial charge on any atom is -0.505 e. The lowest BCUT2D eigenvalue weighted by molar-refractivity contribution is 0.0756. The van der Waals surface area contributed by atoms with Crippen molar-refractivity contribution in [3.05, 3.63) is 24.0 Å². The van der Waals surface area contributed by atoms with E-state index in [0.717, 1.165) is 0 Å². The molecule has 0 aliphatic carbocycles. The number of amides is 1. The first-order chi connectivity index (χ1) is 7.18. The molecule has 5 heteroatoms. The number of nitrogens with zero attached hydrogens (tertiary/aromatic N) is 2. The standard InChI is InChI=1S/C10H12N2O3/c13-7-3-5-12(6-7)10(15)9-8(14)2-1-4-11-9/h1-2,4,7,13-14H,3,5-6H2/t7-/m0/s1. The molecule has 1 atom stereocenters. The molecule has 80 valence electrons. The average molecular weight is 208 g/mol. The molecule has 0 spiro atoms. The van der Waals surface area contributed by atoms with Crippen LogP contribution in [0.5, 0.6) is 5.75 Å². The Morgan fingerprint density at radius 1 is 1.60 bits per heavy atom. The first-order valence-corrected chi connectivity index (χ1v) is 4.80. The molecule has 0 bridgehead atoms. The Kier molecular flexibility index (Phi) is 2.55. The Balaban J connectivity index is 2.18. The molecule has 1 fully saturated rings. The summed E-state index contributed by atoms with van der Waals surface area (Å²) in [5.41, 5.74) is 0.0478. The molecule has 15 heavy (non-hydrogen) atoms. The Labute approximate surface area is 87.0 Å². The fourth-order valence-corrected chi connectivity index (χ4v) is 1.64. The van der Waals surface area contributed by atoms with Crippen molar-refractivity contribution >= 4 is 5.91 Å². The van der Waals surface area contributed by atoms with Gasteiger partial charge in [-0.3, -0.25) is 4.79 Å². The third kappa shape index (κ3) is 1.92. The summed E-state index contributed by atoms with van der Waals surface area (Å²) in [6.07, 6.45) is 1.58. The maximum absolute atomic E-state index is 11.8. The van der Waals surface area contributed by atoms with E-state index in [9.17, 15) is 15.0 Å². The minimum atomic E-state index is -0.459. The summed E-state index contributed by atoms with van der Waals surface area (Å²) < 4.78 is 0. The van der Waals surface area contributed by atoms with Crippen molar-refractivity contribution in [3.8, 4) is 5.75 Å². The molecule has 1 aromatic rings. The van der Waals surface area contributed by atoms with Gasteiger partial charge in [-0.2, -0.15) is 0 Å². The fourth-order valence-electron chi connectivity index (χ4n) is 1.64. The predicted octanol–water partition coefficient (Wildman–Crippen LogP) is -0.00600. The second kappa shape index (κ2) is 3.86. The van der Waals surface area contributed by atoms with Crippen LogP contribution in [0.15, 0.2) is 18.3 Å². The van der Waals surface area contributed by atoms with Crippen LogP contribution in [0.2, 0.25) is 0 Å². The Hall–Kier alpha value is -1.62. The van der Waals surface area contributed by atoms with Crippen molar-refractivity contribution in [1.29, 1.82) is 0 Å². The SMILES string of the molecule is O=C(c1ncccc1O)N1CC[C@H](O)C1. The number of aliphatic hydroxyl groups is 1. The molecule has 1 saturated heterocycles. The van der Waals surface area contributed by atoms with E-state index in [4.69, 9.17) is 0 Å². The number of carbonyl (C=O) groups is 1. The molecule has 1 aliphatic heterocycles. The van der Waals surface area contributed by atoms with Crippen molar-refractivity contribution in [3.63, 3.8) is 0 Å². The summed E-state index contributed by atoms with van der Waals surface area (Å²) in [4.78, 5) is 17.1. The van der Waals surface area contributed by atoms with Crippen LogP contribution >= 0.6 is 0 Å². The van der Waals surface area contributed by atoms with E-state index in [0.29, 0.717) is 19.5 Å². The van der Waals surface area contributed by atoms with Gasteiger partial charge in [-0.1, -0.05) is 0 Å². The van der Waals surface area contributed by atoms with Gasteiger partial charge in [0.25, 0.3) is 5.91 Å². The quantitative estimate of drug-likeness (QED) is 0.681. The summed E-state index contributed by atoms with van der Waals surface area (Å²) >= 11 is 0. The number of hydrogen-bond acceptors (Lipinski definition) is 4. The van der Waals surface area contributed by atoms with Crippen LogP contribution in [0.3, 0.4) is 0 Å². The largest absolute Gasteiger partial charge is 0.505 e. The molecule has 0 radical (unpaired) electrons. The lowest BCUT2D eigenvalue weighted by Gasteiger charge is -2.15. The molecule has 2 rings (SSSR count). The first-order valence-electron chi connectivity index (χ1n) is 4.80. The molecule has 5 nitrogen and oxygen atoms in total. The monoisotopic (exact) mass is 208 g/mol. The lowest BCUT2D eigenvalue weighted by Crippen LogP contribution is -2.30. The summed E-state index contributed by atoms with van der Waals surface area (Å²) in [6, 6.07) is 2.98. The average Bonchev–Trinajstić information content (AvgIpc) is 2.65. The van der Waals surface area contributed by atoms with Crippen LogP contribution in [0.25, 0.3) is 0 Å². The number of likely N-dealkylation sites (tertiary alicyclic amines) is 1. The van der Waals surface area contributed by atoms with Crippen molar-refractivity contribution in [2.24, 2.45) is 0 Å². The third-order valence-electron chi connectivity index (χ3n) is 2.44. The van der Waals surface area contributed by atoms with Crippen molar-refractivity contribution in [1.82, 2.24) is 9.88 Å². The maximum Gasteiger partial charge on any atom is 0.276 e. The van der Waals surface area contributed by atoms with E-state index in [-0.39, 0.29) is 17.4 Å². The van der Waals surface area contributed by atoms with Gasteiger partial charge in [-0.25, -0.2) is 4.98 Å². The third-order valence-corrected chi connectivity index (χ3v) is 2.44. The van der Waals surface area contributed by atoms with Crippen molar-refractivity contribution < 1.29 is 15.0 Å². The van der Waals surface area contributed by atoms with Gasteiger partial charge in [-0.15, -0.1) is 0 Å². The topological polar surface area (TPSA) is 73.7 Å². The summed E-state index contributed by atoms with van der Waals surface area (Å²) in [5, 5.41) is 18.7. The van der Waals surface area contributed by atoms with Crippen molar-refractivity contribution in [2.75, 3.05) is 13.1 Å². The Morgan fingerprint density at radius 2 is 2.40 bits per heavy atom. The summed E-state index contributed by atoms with van der Waals surface area (Å²) in [6.45, 7) is 0.824. The highest BCUT2D eigenvalue weighted by Gasteiger charge is 2.27. The van der Waals surface area contributed by atoms with E-state index in [1.807, 2.05) is 0 Å². The predicted molar refractivity (Wildman–Crippen MR) is 52.4 cm³/mol. The minimum absolute atomic E-state index is 0.0478. The van der Waals surface area contributed by atoms with Crippen LogP contribution in [0.4, 0.5) is 0 Å². The normalized spacial score (nSPS) is 20.6. The van der Waals surface area contributed by atoms with Crippen LogP contribution in [0.1, 0.15) is 16.9 Å². The van der Waals surface area contributed by atoms with Gasteiger partial charge in [0.1, 0.15) is 5.75 Å². The van der Waals surface area contributed by atoms with Gasteiger partial charge in [0.2, 0.25) is 0 Å². The molecule has 2 N–H and O–H groups in total. The fraction of sp³-hybridized carbons (Fsp3) is 0.400. The van der Waals surface area contributed by atoms with Crippen LogP contribution in [0, 0.1) is 0 Å². The summed E-state index contributed by atoms with van der Waals surface area (Å²) in [7, 11) is 0. The molecule has 2 heterocycles. The maximum atomic E-state index is 11.8. The number of hydrogen-bond donors (Lipinski definition) is 2. The zero-order valence-corrected chi connectivity index (χ0v) is 8.13. The molecular weight excluding hydrogens is 196 g/mol. The molecule has 0 saturated carbocycles. The number of β-amino-alcohol motifs (C(OH)–C–C–N with tert-alkyl or cyclic N) is 1. The molecule has 1 amide bonds. The highest BCUT2D eigenvalue weighted by molar-refractivity contribution is 5.94. The number of aromatic nitrogens is 1. The second-order valence-corrected chi connectivity index (χ2v) is 3.56. The Bertz CT molecular complexity index is 381. The lowest BCUT2D eigenvalue weighted by atomic mass is 10.3. The van der Waals surface area contributed by atoms with Gasteiger partial charge in [0, 0.05) is 19.3 Å². The summed E-state index contributed by atoms with van der Waals surface area (Å²) in [5.74, 6) is -0.450. The number of pyridine rings is 1. The number of aliphatic hydroxyl groups excluding tert-OH is 1. The zero-order chi connectivity index (χ0) is 10.8. The molecular formula is C10H12N2O3. The van der Waals surface area contributed by atoms with E-state index in [2.05, 4.69) is 4.98 Å². The van der Waals surface area contributed by atoms with E-state index < -0.39 is 6.10 Å². The number of aromatic hydroxyl groups is 1. The van der Waals surface area contributed by atoms with E-state index in [1.165, 1.54) is 17.2 Å². The van der Waals surface area contributed by atoms with Crippen LogP contribution < -0.4 is 0 Å². The number of rotatable bonds is 1. The molecule has 0 unspecified atom stereocenters. The van der Waals surface area contributed by atoms with E-state index >= 15 is 0 Å². The van der Waals surface area contributed by atoms with Gasteiger partial charge in [0.05, 0.1) is 6.10 Å². The first kappa shape index (κ1) is 9.92. The van der Waals surface area contributed by atoms with Gasteiger partial charge >= 0.3 is 0 Å². The smallest absolute Gasteiger partial charge is 0.276 e. The molecule has 1 aliphatic rings. The van der Waals surface area contributed by atoms with Crippen LogP contribution in [-0.4, -0.2) is 45.2 Å². The van der Waals surface area contributed by atoms with Crippen molar-refractivity contribution in [2.45, 2.75) is 12.5 Å². The highest BCUT2D eigenvalue weighted by atomic mass is 16.3. The highest BCUT2D eigenvalue weighted by Crippen LogP contribution is 2.18. The molecule has 1 aromatic heterocycles. The van der Waals surface area contributed by atoms with Gasteiger partial charge in [-0.05, 0) is 18.6 Å². The molecule has 0 aromatic carbocycles. The second-order valence-electron chi connectivity index (χ2n) is 3.56. The van der Waals surface area contributed by atoms with Gasteiger partial charge in [0.15, 0.2) is 5.69 Å². The number of carbonyl (C=O) groups excluding carboxylic acids is 1. The van der Waals surface area contributed by atoms with Crippen LogP contribution in [-0.2, 0) is 0 Å². The Morgan fingerprint density at radius 3 is 3.00 bits per heavy atom. The van der Waals surface area contributed by atoms with Gasteiger partial charge < -0.3 is 15.1 Å².